The summed E-state index contributed by atoms with van der Waals surface area (Å²) in [4.78, 5) is 20.4. The molecule has 1 saturated heterocycles. The third kappa shape index (κ3) is 3.40. The summed E-state index contributed by atoms with van der Waals surface area (Å²) < 4.78 is 7.48. The topological polar surface area (TPSA) is 98.8 Å². The standard InChI is InChI=1S/C22H21N5O2/c23-17-7-5-14(6-8-17)21-25-20(27(26-21)18-9-10-29-13-18)12-16-11-15-3-1-2-4-19(15)24-22(16)28/h1-8,11,18H,9-10,12-13,23H2,(H,24,28). The van der Waals surface area contributed by atoms with Crippen LogP contribution in [0.15, 0.2) is 59.4 Å². The number of pyridine rings is 1. The average molecular weight is 387 g/mol. The second-order valence-corrected chi connectivity index (χ2v) is 7.32. The first-order valence-corrected chi connectivity index (χ1v) is 9.67. The number of benzene rings is 2. The second-order valence-electron chi connectivity index (χ2n) is 7.32. The van der Waals surface area contributed by atoms with Gasteiger partial charge in [0.15, 0.2) is 5.82 Å². The molecule has 7 heteroatoms. The summed E-state index contributed by atoms with van der Waals surface area (Å²) in [6.45, 7) is 1.31. The van der Waals surface area contributed by atoms with Crippen molar-refractivity contribution in [2.45, 2.75) is 18.9 Å². The first-order valence-electron chi connectivity index (χ1n) is 9.67. The fraction of sp³-hybridized carbons (Fsp3) is 0.227. The molecule has 3 heterocycles. The fourth-order valence-corrected chi connectivity index (χ4v) is 3.73. The van der Waals surface area contributed by atoms with E-state index in [1.165, 1.54) is 0 Å². The Morgan fingerprint density at radius 1 is 1.17 bits per heavy atom. The van der Waals surface area contributed by atoms with Crippen LogP contribution >= 0.6 is 0 Å². The van der Waals surface area contributed by atoms with E-state index in [1.54, 1.807) is 0 Å². The van der Waals surface area contributed by atoms with Crippen LogP contribution in [0.25, 0.3) is 22.3 Å². The Kier molecular flexibility index (Phi) is 4.37. The highest BCUT2D eigenvalue weighted by Gasteiger charge is 2.24. The number of rotatable bonds is 4. The van der Waals surface area contributed by atoms with Crippen LogP contribution in [0.5, 0.6) is 0 Å². The van der Waals surface area contributed by atoms with Gasteiger partial charge in [0.2, 0.25) is 0 Å². The number of ether oxygens (including phenoxy) is 1. The van der Waals surface area contributed by atoms with Gasteiger partial charge in [0.1, 0.15) is 5.82 Å². The molecule has 0 radical (unpaired) electrons. The van der Waals surface area contributed by atoms with Crippen LogP contribution in [0.4, 0.5) is 5.69 Å². The van der Waals surface area contributed by atoms with Gasteiger partial charge in [-0.1, -0.05) is 18.2 Å². The number of para-hydroxylation sites is 1. The molecule has 1 aliphatic rings. The Labute approximate surface area is 167 Å². The molecule has 1 fully saturated rings. The smallest absolute Gasteiger partial charge is 0.252 e. The zero-order valence-electron chi connectivity index (χ0n) is 15.8. The van der Waals surface area contributed by atoms with E-state index in [0.717, 1.165) is 28.7 Å². The van der Waals surface area contributed by atoms with Crippen LogP contribution in [0, 0.1) is 0 Å². The number of aromatic nitrogens is 4. The van der Waals surface area contributed by atoms with E-state index in [-0.39, 0.29) is 11.6 Å². The highest BCUT2D eigenvalue weighted by molar-refractivity contribution is 5.78. The van der Waals surface area contributed by atoms with Gasteiger partial charge in [-0.15, -0.1) is 0 Å². The first-order chi connectivity index (χ1) is 14.2. The number of aromatic amines is 1. The number of fused-ring (bicyclic) bond motifs is 1. The van der Waals surface area contributed by atoms with Crippen LogP contribution in [-0.4, -0.2) is 33.0 Å². The van der Waals surface area contributed by atoms with Gasteiger partial charge in [-0.2, -0.15) is 5.10 Å². The highest BCUT2D eigenvalue weighted by atomic mass is 16.5. The Balaban J connectivity index is 1.57. The molecule has 0 aliphatic carbocycles. The Morgan fingerprint density at radius 2 is 2.00 bits per heavy atom. The minimum Gasteiger partial charge on any atom is -0.399 e. The molecule has 2 aromatic heterocycles. The number of nitrogens with zero attached hydrogens (tertiary/aromatic N) is 3. The molecule has 4 aromatic rings. The number of H-pyrrole nitrogens is 1. The molecule has 7 nitrogen and oxygen atoms in total. The first kappa shape index (κ1) is 17.6. The van der Waals surface area contributed by atoms with Crippen LogP contribution in [0.3, 0.4) is 0 Å². The van der Waals surface area contributed by atoms with E-state index in [0.29, 0.717) is 36.7 Å². The summed E-state index contributed by atoms with van der Waals surface area (Å²) >= 11 is 0. The number of nitrogens with one attached hydrogen (secondary N) is 1. The van der Waals surface area contributed by atoms with Crippen molar-refractivity contribution in [1.82, 2.24) is 19.7 Å². The lowest BCUT2D eigenvalue weighted by molar-refractivity contribution is 0.184. The molecule has 0 saturated carbocycles. The summed E-state index contributed by atoms with van der Waals surface area (Å²) in [5, 5.41) is 5.75. The van der Waals surface area contributed by atoms with Crippen molar-refractivity contribution < 1.29 is 4.74 Å². The summed E-state index contributed by atoms with van der Waals surface area (Å²) in [6, 6.07) is 17.3. The highest BCUT2D eigenvalue weighted by Crippen LogP contribution is 2.25. The summed E-state index contributed by atoms with van der Waals surface area (Å²) in [5.41, 5.74) is 8.78. The van der Waals surface area contributed by atoms with E-state index in [1.807, 2.05) is 59.3 Å². The van der Waals surface area contributed by atoms with Crippen molar-refractivity contribution >= 4 is 16.6 Å². The molecule has 1 unspecified atom stereocenters. The molecule has 0 amide bonds. The zero-order chi connectivity index (χ0) is 19.8. The van der Waals surface area contributed by atoms with Gasteiger partial charge in [0.25, 0.3) is 5.56 Å². The molecule has 0 spiro atoms. The molecule has 5 rings (SSSR count). The minimum absolute atomic E-state index is 0.102. The Bertz CT molecular complexity index is 1220. The fourth-order valence-electron chi connectivity index (χ4n) is 3.73. The second kappa shape index (κ2) is 7.18. The third-order valence-electron chi connectivity index (χ3n) is 5.30. The normalized spacial score (nSPS) is 16.5. The van der Waals surface area contributed by atoms with Crippen molar-refractivity contribution in [3.05, 3.63) is 76.3 Å². The molecule has 2 aromatic carbocycles. The van der Waals surface area contributed by atoms with Gasteiger partial charge in [0, 0.05) is 35.4 Å². The Morgan fingerprint density at radius 3 is 2.79 bits per heavy atom. The molecule has 29 heavy (non-hydrogen) atoms. The molecule has 1 aliphatic heterocycles. The third-order valence-corrected chi connectivity index (χ3v) is 5.30. The number of hydrogen-bond acceptors (Lipinski definition) is 5. The van der Waals surface area contributed by atoms with E-state index in [4.69, 9.17) is 20.6 Å². The van der Waals surface area contributed by atoms with E-state index >= 15 is 0 Å². The van der Waals surface area contributed by atoms with Gasteiger partial charge in [-0.05, 0) is 48.2 Å². The van der Waals surface area contributed by atoms with Crippen molar-refractivity contribution in [3.63, 3.8) is 0 Å². The maximum Gasteiger partial charge on any atom is 0.252 e. The monoisotopic (exact) mass is 387 g/mol. The summed E-state index contributed by atoms with van der Waals surface area (Å²) in [5.74, 6) is 1.39. The largest absolute Gasteiger partial charge is 0.399 e. The Hall–Kier alpha value is -3.45. The van der Waals surface area contributed by atoms with Crippen LogP contribution in [0.2, 0.25) is 0 Å². The maximum atomic E-state index is 12.6. The van der Waals surface area contributed by atoms with Crippen molar-refractivity contribution in [1.29, 1.82) is 0 Å². The maximum absolute atomic E-state index is 12.6. The molecular weight excluding hydrogens is 366 g/mol. The average Bonchev–Trinajstić information content (AvgIpc) is 3.39. The molecular formula is C22H21N5O2. The lowest BCUT2D eigenvalue weighted by atomic mass is 10.1. The van der Waals surface area contributed by atoms with Crippen LogP contribution in [-0.2, 0) is 11.2 Å². The van der Waals surface area contributed by atoms with E-state index < -0.39 is 0 Å². The van der Waals surface area contributed by atoms with Crippen LogP contribution in [0.1, 0.15) is 23.9 Å². The number of anilines is 1. The lowest BCUT2D eigenvalue weighted by Gasteiger charge is -2.11. The van der Waals surface area contributed by atoms with E-state index in [9.17, 15) is 4.79 Å². The summed E-state index contributed by atoms with van der Waals surface area (Å²) in [6.07, 6.45) is 1.28. The molecule has 1 atom stereocenters. The van der Waals surface area contributed by atoms with Gasteiger partial charge in [0.05, 0.1) is 12.6 Å². The molecule has 146 valence electrons. The van der Waals surface area contributed by atoms with Gasteiger partial charge in [-0.3, -0.25) is 4.79 Å². The number of hydrogen-bond donors (Lipinski definition) is 2. The molecule has 3 N–H and O–H groups in total. The quantitative estimate of drug-likeness (QED) is 0.525. The molecule has 0 bridgehead atoms. The van der Waals surface area contributed by atoms with Crippen molar-refractivity contribution in [2.24, 2.45) is 0 Å². The van der Waals surface area contributed by atoms with Crippen molar-refractivity contribution in [3.8, 4) is 11.4 Å². The predicted octanol–water partition coefficient (Wildman–Crippen LogP) is 2.92. The predicted molar refractivity (Wildman–Crippen MR) is 112 cm³/mol. The number of nitrogen functional groups attached to an aromatic ring is 1. The van der Waals surface area contributed by atoms with Gasteiger partial charge < -0.3 is 15.5 Å². The van der Waals surface area contributed by atoms with Gasteiger partial charge >= 0.3 is 0 Å². The minimum atomic E-state index is -0.102. The summed E-state index contributed by atoms with van der Waals surface area (Å²) in [7, 11) is 0. The zero-order valence-corrected chi connectivity index (χ0v) is 15.8. The van der Waals surface area contributed by atoms with E-state index in [2.05, 4.69) is 4.98 Å². The number of nitrogens with two attached hydrogens (primary N) is 1. The SMILES string of the molecule is Nc1ccc(-c2nc(Cc3cc4ccccc4[nH]c3=O)n(C3CCOC3)n2)cc1. The van der Waals surface area contributed by atoms with Crippen LogP contribution < -0.4 is 11.3 Å². The lowest BCUT2D eigenvalue weighted by Crippen LogP contribution is -2.18. The van der Waals surface area contributed by atoms with Gasteiger partial charge in [-0.25, -0.2) is 9.67 Å². The van der Waals surface area contributed by atoms with Crippen molar-refractivity contribution in [2.75, 3.05) is 18.9 Å².